The van der Waals surface area contributed by atoms with E-state index >= 15 is 0 Å². The van der Waals surface area contributed by atoms with E-state index in [1.54, 1.807) is 11.3 Å². The number of fused-ring (bicyclic) bond motifs is 1. The number of nitrogens with one attached hydrogen (secondary N) is 1. The van der Waals surface area contributed by atoms with Crippen LogP contribution in [0.3, 0.4) is 0 Å². The zero-order valence-corrected chi connectivity index (χ0v) is 18.4. The molecule has 0 aliphatic heterocycles. The van der Waals surface area contributed by atoms with Gasteiger partial charge in [0, 0.05) is 23.1 Å². The molecule has 0 radical (unpaired) electrons. The number of ether oxygens (including phenoxy) is 1. The molecule has 1 N–H and O–H groups in total. The summed E-state index contributed by atoms with van der Waals surface area (Å²) in [5.74, 6) is 3.17. The van der Waals surface area contributed by atoms with Crippen LogP contribution in [0, 0.1) is 19.8 Å². The van der Waals surface area contributed by atoms with Crippen LogP contribution in [0.15, 0.2) is 42.5 Å². The molecule has 0 bridgehead atoms. The van der Waals surface area contributed by atoms with Gasteiger partial charge in [-0.3, -0.25) is 4.98 Å². The molecule has 0 spiro atoms. The number of benzene rings is 1. The summed E-state index contributed by atoms with van der Waals surface area (Å²) in [6.07, 6.45) is 2.17. The highest BCUT2D eigenvalue weighted by atomic mass is 32.1. The molecule has 4 aromatic rings. The molecule has 7 nitrogen and oxygen atoms in total. The third-order valence-electron chi connectivity index (χ3n) is 5.46. The predicted molar refractivity (Wildman–Crippen MR) is 121 cm³/mol. The molecule has 3 heterocycles. The van der Waals surface area contributed by atoms with E-state index in [0.29, 0.717) is 36.7 Å². The van der Waals surface area contributed by atoms with Gasteiger partial charge in [0.15, 0.2) is 0 Å². The Bertz CT molecular complexity index is 1210. The van der Waals surface area contributed by atoms with Crippen molar-refractivity contribution in [3.05, 3.63) is 64.0 Å². The van der Waals surface area contributed by atoms with Crippen LogP contribution < -0.4 is 10.1 Å². The average molecular weight is 433 g/mol. The van der Waals surface area contributed by atoms with E-state index in [4.69, 9.17) is 9.72 Å². The first kappa shape index (κ1) is 19.8. The van der Waals surface area contributed by atoms with E-state index in [1.165, 1.54) is 17.5 Å². The standard InChI is InChI=1S/C23H24N6OS/c1-14-25-21(24-13-23-29-28-15(2)31-23)12-22(26-14)30-10-9-17-11-18(17)20-8-7-16-5-3-4-6-19(16)27-20/h3-8,12,17-18H,9-11,13H2,1-2H3,(H,24,25,26). The first-order valence-electron chi connectivity index (χ1n) is 10.5. The van der Waals surface area contributed by atoms with Crippen molar-refractivity contribution < 1.29 is 4.74 Å². The van der Waals surface area contributed by atoms with Crippen molar-refractivity contribution in [3.8, 4) is 5.88 Å². The third kappa shape index (κ3) is 4.80. The Balaban J connectivity index is 1.14. The lowest BCUT2D eigenvalue weighted by molar-refractivity contribution is 0.289. The fourth-order valence-corrected chi connectivity index (χ4v) is 4.46. The van der Waals surface area contributed by atoms with E-state index in [1.807, 2.05) is 32.0 Å². The molecule has 31 heavy (non-hydrogen) atoms. The largest absolute Gasteiger partial charge is 0.478 e. The van der Waals surface area contributed by atoms with Crippen molar-refractivity contribution in [2.45, 2.75) is 39.2 Å². The summed E-state index contributed by atoms with van der Waals surface area (Å²) < 4.78 is 5.95. The number of aryl methyl sites for hydroxylation is 2. The topological polar surface area (TPSA) is 85.7 Å². The molecule has 3 aromatic heterocycles. The molecule has 2 atom stereocenters. The number of anilines is 1. The predicted octanol–water partition coefficient (Wildman–Crippen LogP) is 4.68. The molecule has 0 amide bonds. The minimum Gasteiger partial charge on any atom is -0.478 e. The first-order chi connectivity index (χ1) is 15.1. The minimum absolute atomic E-state index is 0.535. The van der Waals surface area contributed by atoms with E-state index < -0.39 is 0 Å². The molecule has 1 aromatic carbocycles. The van der Waals surface area contributed by atoms with Crippen LogP contribution in [0.25, 0.3) is 10.9 Å². The minimum atomic E-state index is 0.535. The van der Waals surface area contributed by atoms with E-state index in [2.05, 4.69) is 49.7 Å². The molecule has 2 unspecified atom stereocenters. The molecule has 1 saturated carbocycles. The van der Waals surface area contributed by atoms with Crippen molar-refractivity contribution >= 4 is 28.1 Å². The van der Waals surface area contributed by atoms with E-state index in [0.717, 1.165) is 27.8 Å². The van der Waals surface area contributed by atoms with Crippen molar-refractivity contribution in [1.29, 1.82) is 0 Å². The lowest BCUT2D eigenvalue weighted by Crippen LogP contribution is -2.06. The molecule has 8 heteroatoms. The summed E-state index contributed by atoms with van der Waals surface area (Å²) in [6.45, 7) is 5.04. The molecule has 158 valence electrons. The average Bonchev–Trinajstić information content (AvgIpc) is 3.42. The number of rotatable bonds is 8. The summed E-state index contributed by atoms with van der Waals surface area (Å²) >= 11 is 1.57. The number of para-hydroxylation sites is 1. The Morgan fingerprint density at radius 2 is 1.97 bits per heavy atom. The van der Waals surface area contributed by atoms with Crippen molar-refractivity contribution in [3.63, 3.8) is 0 Å². The summed E-state index contributed by atoms with van der Waals surface area (Å²) in [7, 11) is 0. The summed E-state index contributed by atoms with van der Waals surface area (Å²) in [5, 5.41) is 14.5. The maximum atomic E-state index is 5.95. The van der Waals surface area contributed by atoms with Crippen LogP contribution in [-0.2, 0) is 6.54 Å². The normalized spacial score (nSPS) is 17.6. The van der Waals surface area contributed by atoms with Gasteiger partial charge >= 0.3 is 0 Å². The summed E-state index contributed by atoms with van der Waals surface area (Å²) in [5.41, 5.74) is 2.27. The maximum Gasteiger partial charge on any atom is 0.218 e. The number of hydrogen-bond donors (Lipinski definition) is 1. The molecule has 5 rings (SSSR count). The Kier molecular flexibility index (Phi) is 5.46. The SMILES string of the molecule is Cc1nc(NCc2nnc(C)s2)cc(OCCC2CC2c2ccc3ccccc3n2)n1. The Morgan fingerprint density at radius 1 is 1.06 bits per heavy atom. The van der Waals surface area contributed by atoms with Crippen molar-refractivity contribution in [2.75, 3.05) is 11.9 Å². The summed E-state index contributed by atoms with van der Waals surface area (Å²) in [6, 6.07) is 14.5. The van der Waals surface area contributed by atoms with Gasteiger partial charge < -0.3 is 10.1 Å². The van der Waals surface area contributed by atoms with Gasteiger partial charge in [-0.15, -0.1) is 10.2 Å². The monoisotopic (exact) mass is 432 g/mol. The number of nitrogens with zero attached hydrogens (tertiary/aromatic N) is 5. The quantitative estimate of drug-likeness (QED) is 0.433. The van der Waals surface area contributed by atoms with Crippen molar-refractivity contribution in [1.82, 2.24) is 25.1 Å². The van der Waals surface area contributed by atoms with Gasteiger partial charge in [-0.1, -0.05) is 35.6 Å². The first-order valence-corrected chi connectivity index (χ1v) is 11.3. The number of aromatic nitrogens is 5. The smallest absolute Gasteiger partial charge is 0.218 e. The van der Waals surface area contributed by atoms with Gasteiger partial charge in [0.05, 0.1) is 18.7 Å². The molecular weight excluding hydrogens is 408 g/mol. The van der Waals surface area contributed by atoms with Crippen LogP contribution in [-0.4, -0.2) is 31.8 Å². The lowest BCUT2D eigenvalue weighted by Gasteiger charge is -2.09. The van der Waals surface area contributed by atoms with Crippen LogP contribution in [0.5, 0.6) is 5.88 Å². The Hall–Kier alpha value is -3.13. The number of hydrogen-bond acceptors (Lipinski definition) is 8. The Morgan fingerprint density at radius 3 is 2.84 bits per heavy atom. The van der Waals surface area contributed by atoms with Gasteiger partial charge in [-0.05, 0) is 44.7 Å². The van der Waals surface area contributed by atoms with E-state index in [-0.39, 0.29) is 0 Å². The van der Waals surface area contributed by atoms with Crippen molar-refractivity contribution in [2.24, 2.45) is 5.92 Å². The van der Waals surface area contributed by atoms with Crippen LogP contribution in [0.2, 0.25) is 0 Å². The molecule has 0 saturated heterocycles. The highest BCUT2D eigenvalue weighted by molar-refractivity contribution is 7.11. The molecular formula is C23H24N6OS. The zero-order valence-electron chi connectivity index (χ0n) is 17.6. The zero-order chi connectivity index (χ0) is 21.2. The second-order valence-corrected chi connectivity index (χ2v) is 9.14. The molecule has 1 fully saturated rings. The third-order valence-corrected chi connectivity index (χ3v) is 6.30. The van der Waals surface area contributed by atoms with Gasteiger partial charge in [0.1, 0.15) is 21.7 Å². The van der Waals surface area contributed by atoms with Gasteiger partial charge in [0.25, 0.3) is 0 Å². The highest BCUT2D eigenvalue weighted by Crippen LogP contribution is 2.49. The number of pyridine rings is 1. The second kappa shape index (κ2) is 8.55. The highest BCUT2D eigenvalue weighted by Gasteiger charge is 2.39. The maximum absolute atomic E-state index is 5.95. The van der Waals surface area contributed by atoms with Gasteiger partial charge in [0.2, 0.25) is 5.88 Å². The van der Waals surface area contributed by atoms with Crippen LogP contribution in [0.1, 0.15) is 40.3 Å². The van der Waals surface area contributed by atoms with E-state index in [9.17, 15) is 0 Å². The van der Waals surface area contributed by atoms with Crippen LogP contribution in [0.4, 0.5) is 5.82 Å². The van der Waals surface area contributed by atoms with Crippen LogP contribution >= 0.6 is 11.3 Å². The molecule has 1 aliphatic carbocycles. The fourth-order valence-electron chi connectivity index (χ4n) is 3.81. The Labute approximate surface area is 185 Å². The molecule has 1 aliphatic rings. The van der Waals surface area contributed by atoms with Gasteiger partial charge in [-0.25, -0.2) is 4.98 Å². The second-order valence-electron chi connectivity index (χ2n) is 7.88. The summed E-state index contributed by atoms with van der Waals surface area (Å²) in [4.78, 5) is 13.7. The van der Waals surface area contributed by atoms with Gasteiger partial charge in [-0.2, -0.15) is 4.98 Å². The fraction of sp³-hybridized carbons (Fsp3) is 0.348. The lowest BCUT2D eigenvalue weighted by atomic mass is 10.1.